The Morgan fingerprint density at radius 3 is 1.15 bits per heavy atom. The molecule has 0 aromatic heterocycles. The molecule has 0 saturated heterocycles. The van der Waals surface area contributed by atoms with Gasteiger partial charge in [-0.15, -0.1) is 0 Å². The zero-order valence-corrected chi connectivity index (χ0v) is 12.3. The normalized spacial score (nSPS) is 11.1. The van der Waals surface area contributed by atoms with Gasteiger partial charge in [-0.05, 0) is 26.2 Å². The molecule has 0 aromatic rings. The lowest BCUT2D eigenvalue weighted by molar-refractivity contribution is -0.00000294. The predicted molar refractivity (Wildman–Crippen MR) is 62.9 cm³/mol. The van der Waals surface area contributed by atoms with E-state index in [-0.39, 0.29) is 17.0 Å². The van der Waals surface area contributed by atoms with Gasteiger partial charge in [-0.25, -0.2) is 0 Å². The van der Waals surface area contributed by atoms with Crippen LogP contribution in [0.15, 0.2) is 0 Å². The van der Waals surface area contributed by atoms with Crippen molar-refractivity contribution in [3.05, 3.63) is 0 Å². The minimum atomic E-state index is -0.477. The maximum atomic E-state index is 2.41. The van der Waals surface area contributed by atoms with Crippen LogP contribution in [0.5, 0.6) is 0 Å². The standard InChI is InChI=1S/C11H26P.BrH/c1-5-9-12(8-4,10-6-2)11-7-3;/h5-11H2,1-4H3;1H/q+1;/p-1. The molecule has 13 heavy (non-hydrogen) atoms. The molecule has 0 saturated carbocycles. The van der Waals surface area contributed by atoms with Crippen LogP contribution < -0.4 is 17.0 Å². The number of hydrogen-bond donors (Lipinski definition) is 0. The van der Waals surface area contributed by atoms with Crippen LogP contribution in [0.3, 0.4) is 0 Å². The smallest absolute Gasteiger partial charge is 0.0591 e. The second-order valence-corrected chi connectivity index (χ2v) is 8.49. The van der Waals surface area contributed by atoms with Crippen molar-refractivity contribution in [3.63, 3.8) is 0 Å². The lowest BCUT2D eigenvalue weighted by Crippen LogP contribution is -3.00. The summed E-state index contributed by atoms with van der Waals surface area (Å²) in [6.07, 6.45) is 10.3. The predicted octanol–water partition coefficient (Wildman–Crippen LogP) is 1.26. The van der Waals surface area contributed by atoms with Gasteiger partial charge in [0.2, 0.25) is 0 Å². The molecule has 0 aliphatic heterocycles. The molecule has 82 valence electrons. The Morgan fingerprint density at radius 2 is 1.00 bits per heavy atom. The average Bonchev–Trinajstić information content (AvgIpc) is 2.06. The van der Waals surface area contributed by atoms with Crippen molar-refractivity contribution in [2.75, 3.05) is 24.6 Å². The second-order valence-electron chi connectivity index (χ2n) is 3.83. The van der Waals surface area contributed by atoms with Gasteiger partial charge in [-0.1, -0.05) is 20.8 Å². The van der Waals surface area contributed by atoms with E-state index >= 15 is 0 Å². The van der Waals surface area contributed by atoms with E-state index < -0.39 is 7.26 Å². The van der Waals surface area contributed by atoms with Crippen LogP contribution in [0.25, 0.3) is 0 Å². The highest BCUT2D eigenvalue weighted by molar-refractivity contribution is 7.75. The minimum Gasteiger partial charge on any atom is -1.00 e. The molecule has 0 aliphatic rings. The molecule has 0 bridgehead atoms. The third kappa shape index (κ3) is 6.07. The molecule has 0 radical (unpaired) electrons. The number of rotatable bonds is 7. The maximum absolute atomic E-state index is 2.41. The lowest BCUT2D eigenvalue weighted by atomic mass is 10.6. The maximum Gasteiger partial charge on any atom is 0.0591 e. The Morgan fingerprint density at radius 1 is 0.692 bits per heavy atom. The quantitative estimate of drug-likeness (QED) is 0.610. The topological polar surface area (TPSA) is 0 Å². The summed E-state index contributed by atoms with van der Waals surface area (Å²) >= 11 is 0. The molecule has 2 heteroatoms. The molecule has 0 N–H and O–H groups in total. The molecule has 0 unspecified atom stereocenters. The van der Waals surface area contributed by atoms with E-state index in [0.717, 1.165) is 0 Å². The Hall–Kier alpha value is 0.910. The van der Waals surface area contributed by atoms with Gasteiger partial charge < -0.3 is 17.0 Å². The molecule has 0 spiro atoms. The Bertz CT molecular complexity index is 87.2. The Kier molecular flexibility index (Phi) is 11.9. The van der Waals surface area contributed by atoms with Gasteiger partial charge in [0, 0.05) is 7.26 Å². The van der Waals surface area contributed by atoms with Gasteiger partial charge >= 0.3 is 0 Å². The van der Waals surface area contributed by atoms with Crippen LogP contribution in [-0.2, 0) is 0 Å². The molecular formula is C11H26BrP. The number of hydrogen-bond acceptors (Lipinski definition) is 0. The molecule has 0 aromatic carbocycles. The fourth-order valence-electron chi connectivity index (χ4n) is 2.23. The van der Waals surface area contributed by atoms with Gasteiger partial charge in [0.15, 0.2) is 0 Å². The van der Waals surface area contributed by atoms with E-state index in [1.807, 2.05) is 0 Å². The molecule has 0 atom stereocenters. The minimum absolute atomic E-state index is 0. The molecular weight excluding hydrogens is 243 g/mol. The van der Waals surface area contributed by atoms with Crippen molar-refractivity contribution >= 4 is 7.26 Å². The molecule has 0 rings (SSSR count). The summed E-state index contributed by atoms with van der Waals surface area (Å²) < 4.78 is 0. The highest BCUT2D eigenvalue weighted by atomic mass is 79.9. The van der Waals surface area contributed by atoms with Crippen molar-refractivity contribution in [1.29, 1.82) is 0 Å². The first-order valence-corrected chi connectivity index (χ1v) is 8.12. The van der Waals surface area contributed by atoms with Gasteiger partial charge in [0.05, 0.1) is 24.6 Å². The monoisotopic (exact) mass is 268 g/mol. The average molecular weight is 269 g/mol. The van der Waals surface area contributed by atoms with Gasteiger partial charge in [0.25, 0.3) is 0 Å². The van der Waals surface area contributed by atoms with Crippen LogP contribution in [0.4, 0.5) is 0 Å². The summed E-state index contributed by atoms with van der Waals surface area (Å²) in [5.41, 5.74) is 0. The van der Waals surface area contributed by atoms with Crippen LogP contribution in [0.2, 0.25) is 0 Å². The van der Waals surface area contributed by atoms with Crippen molar-refractivity contribution < 1.29 is 17.0 Å². The fourth-order valence-corrected chi connectivity index (χ4v) is 6.70. The summed E-state index contributed by atoms with van der Waals surface area (Å²) in [5.74, 6) is 0. The Labute approximate surface area is 96.0 Å². The van der Waals surface area contributed by atoms with E-state index in [9.17, 15) is 0 Å². The molecule has 0 aliphatic carbocycles. The highest BCUT2D eigenvalue weighted by Crippen LogP contribution is 2.59. The molecule has 0 fully saturated rings. The van der Waals surface area contributed by atoms with Crippen molar-refractivity contribution in [3.8, 4) is 0 Å². The van der Waals surface area contributed by atoms with E-state index in [0.29, 0.717) is 0 Å². The van der Waals surface area contributed by atoms with Gasteiger partial charge in [-0.2, -0.15) is 0 Å². The van der Waals surface area contributed by atoms with Crippen molar-refractivity contribution in [2.24, 2.45) is 0 Å². The zero-order chi connectivity index (χ0) is 9.45. The third-order valence-corrected chi connectivity index (χ3v) is 8.29. The Balaban J connectivity index is 0. The van der Waals surface area contributed by atoms with Gasteiger partial charge in [-0.3, -0.25) is 0 Å². The molecule has 0 heterocycles. The zero-order valence-electron chi connectivity index (χ0n) is 9.77. The molecule has 0 amide bonds. The first-order chi connectivity index (χ1) is 5.74. The van der Waals surface area contributed by atoms with Crippen LogP contribution in [0.1, 0.15) is 47.0 Å². The molecule has 0 nitrogen and oxygen atoms in total. The van der Waals surface area contributed by atoms with E-state index in [1.54, 1.807) is 18.5 Å². The summed E-state index contributed by atoms with van der Waals surface area (Å²) in [5, 5.41) is 0. The summed E-state index contributed by atoms with van der Waals surface area (Å²) in [7, 11) is -0.477. The van der Waals surface area contributed by atoms with Gasteiger partial charge in [0.1, 0.15) is 0 Å². The van der Waals surface area contributed by atoms with Crippen molar-refractivity contribution in [2.45, 2.75) is 47.0 Å². The first-order valence-electron chi connectivity index (χ1n) is 5.59. The van der Waals surface area contributed by atoms with Crippen LogP contribution in [0, 0.1) is 0 Å². The van der Waals surface area contributed by atoms with E-state index in [2.05, 4.69) is 27.7 Å². The van der Waals surface area contributed by atoms with E-state index in [1.165, 1.54) is 25.4 Å². The van der Waals surface area contributed by atoms with Crippen molar-refractivity contribution in [1.82, 2.24) is 0 Å². The summed E-state index contributed by atoms with van der Waals surface area (Å²) in [4.78, 5) is 0. The van der Waals surface area contributed by atoms with E-state index in [4.69, 9.17) is 0 Å². The largest absolute Gasteiger partial charge is 1.00 e. The number of halogens is 1. The summed E-state index contributed by atoms with van der Waals surface area (Å²) in [6, 6.07) is 0. The third-order valence-electron chi connectivity index (χ3n) is 2.76. The summed E-state index contributed by atoms with van der Waals surface area (Å²) in [6.45, 7) is 9.44. The SMILES string of the molecule is CCC[P+](CC)(CCC)CCC.[Br-]. The van der Waals surface area contributed by atoms with Crippen LogP contribution in [-0.4, -0.2) is 24.6 Å². The first kappa shape index (κ1) is 16.3. The van der Waals surface area contributed by atoms with Crippen LogP contribution >= 0.6 is 7.26 Å². The lowest BCUT2D eigenvalue weighted by Gasteiger charge is -2.25. The fraction of sp³-hybridized carbons (Fsp3) is 1.00. The highest BCUT2D eigenvalue weighted by Gasteiger charge is 2.31. The second kappa shape index (κ2) is 9.46.